The number of thioether (sulfide) groups is 1. The molecule has 0 nitrogen and oxygen atoms in total. The standard InChI is InChI=1S/C5H8S2/c1-4-2-3-5(6)7-4/h4H,2-3H2,1H3. The minimum atomic E-state index is 0.799. The molecule has 0 bridgehead atoms. The molecule has 0 saturated carbocycles. The molecule has 1 rings (SSSR count). The predicted octanol–water partition coefficient (Wildman–Crippen LogP) is 2.23. The summed E-state index contributed by atoms with van der Waals surface area (Å²) in [6, 6.07) is 0. The van der Waals surface area contributed by atoms with Gasteiger partial charge in [-0.25, -0.2) is 0 Å². The summed E-state index contributed by atoms with van der Waals surface area (Å²) in [7, 11) is 0. The van der Waals surface area contributed by atoms with Gasteiger partial charge in [0.05, 0.1) is 0 Å². The maximum atomic E-state index is 4.96. The average Bonchev–Trinajstić information content (AvgIpc) is 1.87. The summed E-state index contributed by atoms with van der Waals surface area (Å²) in [6.45, 7) is 2.23. The molecule has 7 heavy (non-hydrogen) atoms. The lowest BCUT2D eigenvalue weighted by molar-refractivity contribution is 0.887. The fourth-order valence-corrected chi connectivity index (χ4v) is 2.19. The van der Waals surface area contributed by atoms with Gasteiger partial charge in [-0.2, -0.15) is 0 Å². The highest BCUT2D eigenvalue weighted by Gasteiger charge is 2.13. The van der Waals surface area contributed by atoms with Crippen molar-refractivity contribution < 1.29 is 0 Å². The summed E-state index contributed by atoms with van der Waals surface area (Å²) in [5.74, 6) is 0. The molecule has 0 N–H and O–H groups in total. The van der Waals surface area contributed by atoms with E-state index in [1.807, 2.05) is 11.8 Å². The van der Waals surface area contributed by atoms with E-state index in [0.29, 0.717) is 0 Å². The molecule has 2 heteroatoms. The average molecular weight is 132 g/mol. The summed E-state index contributed by atoms with van der Waals surface area (Å²) in [5.41, 5.74) is 0. The van der Waals surface area contributed by atoms with Gasteiger partial charge in [-0.3, -0.25) is 0 Å². The maximum absolute atomic E-state index is 4.96. The molecule has 1 saturated heterocycles. The van der Waals surface area contributed by atoms with E-state index in [-0.39, 0.29) is 0 Å². The molecule has 0 radical (unpaired) electrons. The first-order valence-corrected chi connectivity index (χ1v) is 3.77. The van der Waals surface area contributed by atoms with Crippen LogP contribution in [0.5, 0.6) is 0 Å². The molecule has 0 aliphatic carbocycles. The van der Waals surface area contributed by atoms with Gasteiger partial charge in [0.2, 0.25) is 0 Å². The van der Waals surface area contributed by atoms with Crippen LogP contribution in [-0.4, -0.2) is 9.45 Å². The largest absolute Gasteiger partial charge is 0.116 e. The van der Waals surface area contributed by atoms with Crippen molar-refractivity contribution >= 4 is 28.2 Å². The van der Waals surface area contributed by atoms with Crippen molar-refractivity contribution in [3.63, 3.8) is 0 Å². The first kappa shape index (κ1) is 5.57. The van der Waals surface area contributed by atoms with Gasteiger partial charge in [-0.15, -0.1) is 11.8 Å². The Morgan fingerprint density at radius 3 is 2.71 bits per heavy atom. The van der Waals surface area contributed by atoms with Crippen LogP contribution < -0.4 is 0 Å². The highest BCUT2D eigenvalue weighted by Crippen LogP contribution is 2.28. The van der Waals surface area contributed by atoms with Gasteiger partial charge < -0.3 is 0 Å². The van der Waals surface area contributed by atoms with E-state index in [0.717, 1.165) is 5.25 Å². The van der Waals surface area contributed by atoms with Crippen LogP contribution in [0.4, 0.5) is 0 Å². The summed E-state index contributed by atoms with van der Waals surface area (Å²) in [4.78, 5) is 0. The van der Waals surface area contributed by atoms with E-state index < -0.39 is 0 Å². The predicted molar refractivity (Wildman–Crippen MR) is 38.9 cm³/mol. The van der Waals surface area contributed by atoms with Gasteiger partial charge in [-0.05, 0) is 12.8 Å². The van der Waals surface area contributed by atoms with Gasteiger partial charge in [0.1, 0.15) is 0 Å². The van der Waals surface area contributed by atoms with Crippen LogP contribution in [0.1, 0.15) is 19.8 Å². The quantitative estimate of drug-likeness (QED) is 0.464. The first-order valence-electron chi connectivity index (χ1n) is 2.48. The van der Waals surface area contributed by atoms with Crippen molar-refractivity contribution in [2.75, 3.05) is 0 Å². The molecule has 0 aromatic rings. The molecule has 1 atom stereocenters. The second-order valence-corrected chi connectivity index (χ2v) is 4.12. The third kappa shape index (κ3) is 1.42. The number of hydrogen-bond donors (Lipinski definition) is 0. The van der Waals surface area contributed by atoms with Gasteiger partial charge in [0, 0.05) is 9.45 Å². The van der Waals surface area contributed by atoms with E-state index in [1.165, 1.54) is 17.0 Å². The lowest BCUT2D eigenvalue weighted by Crippen LogP contribution is -1.82. The van der Waals surface area contributed by atoms with Crippen molar-refractivity contribution in [2.45, 2.75) is 25.0 Å². The molecular formula is C5H8S2. The Morgan fingerprint density at radius 2 is 2.57 bits per heavy atom. The van der Waals surface area contributed by atoms with Gasteiger partial charge in [0.15, 0.2) is 0 Å². The van der Waals surface area contributed by atoms with Crippen LogP contribution in [0.3, 0.4) is 0 Å². The fraction of sp³-hybridized carbons (Fsp3) is 0.800. The molecule has 1 heterocycles. The molecule has 40 valence electrons. The Bertz CT molecular complexity index is 88.1. The number of thiocarbonyl (C=S) groups is 1. The van der Waals surface area contributed by atoms with Crippen LogP contribution >= 0.6 is 24.0 Å². The lowest BCUT2D eigenvalue weighted by Gasteiger charge is -1.91. The van der Waals surface area contributed by atoms with Crippen LogP contribution in [0.15, 0.2) is 0 Å². The molecule has 0 amide bonds. The summed E-state index contributed by atoms with van der Waals surface area (Å²) in [6.07, 6.45) is 2.46. The Labute approximate surface area is 53.7 Å². The summed E-state index contributed by atoms with van der Waals surface area (Å²) < 4.78 is 1.20. The van der Waals surface area contributed by atoms with Crippen molar-refractivity contribution in [3.8, 4) is 0 Å². The summed E-state index contributed by atoms with van der Waals surface area (Å²) >= 11 is 6.81. The Hall–Kier alpha value is 0.440. The highest BCUT2D eigenvalue weighted by atomic mass is 32.2. The molecular weight excluding hydrogens is 124 g/mol. The minimum absolute atomic E-state index is 0.799. The van der Waals surface area contributed by atoms with Crippen LogP contribution in [0, 0.1) is 0 Å². The zero-order valence-corrected chi connectivity index (χ0v) is 5.94. The maximum Gasteiger partial charge on any atom is 0.0481 e. The topological polar surface area (TPSA) is 0 Å². The molecule has 1 fully saturated rings. The van der Waals surface area contributed by atoms with Crippen molar-refractivity contribution in [1.82, 2.24) is 0 Å². The second kappa shape index (κ2) is 2.14. The zero-order chi connectivity index (χ0) is 5.28. The molecule has 1 aliphatic rings. The van der Waals surface area contributed by atoms with E-state index in [4.69, 9.17) is 12.2 Å². The van der Waals surface area contributed by atoms with Crippen LogP contribution in [0.2, 0.25) is 0 Å². The Balaban J connectivity index is 2.40. The smallest absolute Gasteiger partial charge is 0.0481 e. The first-order chi connectivity index (χ1) is 3.29. The Morgan fingerprint density at radius 1 is 1.86 bits per heavy atom. The third-order valence-corrected chi connectivity index (χ3v) is 2.69. The van der Waals surface area contributed by atoms with Gasteiger partial charge in [-0.1, -0.05) is 19.1 Å². The van der Waals surface area contributed by atoms with Gasteiger partial charge in [0.25, 0.3) is 0 Å². The molecule has 1 unspecified atom stereocenters. The molecule has 1 aliphatic heterocycles. The SMILES string of the molecule is CC1CCC(=S)S1. The third-order valence-electron chi connectivity index (χ3n) is 1.09. The van der Waals surface area contributed by atoms with E-state index >= 15 is 0 Å². The normalized spacial score (nSPS) is 31.6. The minimum Gasteiger partial charge on any atom is -0.116 e. The fourth-order valence-electron chi connectivity index (χ4n) is 0.663. The van der Waals surface area contributed by atoms with Crippen molar-refractivity contribution in [3.05, 3.63) is 0 Å². The number of rotatable bonds is 0. The van der Waals surface area contributed by atoms with E-state index in [2.05, 4.69) is 6.92 Å². The van der Waals surface area contributed by atoms with Crippen LogP contribution in [-0.2, 0) is 0 Å². The van der Waals surface area contributed by atoms with E-state index in [1.54, 1.807) is 0 Å². The van der Waals surface area contributed by atoms with Crippen molar-refractivity contribution in [1.29, 1.82) is 0 Å². The van der Waals surface area contributed by atoms with Crippen molar-refractivity contribution in [2.24, 2.45) is 0 Å². The molecule has 0 spiro atoms. The lowest BCUT2D eigenvalue weighted by atomic mass is 10.3. The zero-order valence-electron chi connectivity index (χ0n) is 4.31. The number of hydrogen-bond acceptors (Lipinski definition) is 2. The van der Waals surface area contributed by atoms with E-state index in [9.17, 15) is 0 Å². The summed E-state index contributed by atoms with van der Waals surface area (Å²) in [5, 5.41) is 0.799. The Kier molecular flexibility index (Phi) is 1.70. The molecule has 0 aromatic carbocycles. The monoisotopic (exact) mass is 132 g/mol. The van der Waals surface area contributed by atoms with Gasteiger partial charge >= 0.3 is 0 Å². The van der Waals surface area contributed by atoms with Crippen LogP contribution in [0.25, 0.3) is 0 Å². The second-order valence-electron chi connectivity index (χ2n) is 1.84. The molecule has 0 aromatic heterocycles. The highest BCUT2D eigenvalue weighted by molar-refractivity contribution is 8.23.